The number of nitrogens with zero attached hydrogens (tertiary/aromatic N) is 2. The Hall–Kier alpha value is -1.79. The zero-order valence-corrected chi connectivity index (χ0v) is 18.2. The third-order valence-corrected chi connectivity index (χ3v) is 4.96. The van der Waals surface area contributed by atoms with Crippen LogP contribution in [0.3, 0.4) is 0 Å². The molecule has 6 nitrogen and oxygen atoms in total. The molecule has 1 heterocycles. The molecule has 0 spiro atoms. The van der Waals surface area contributed by atoms with Crippen LogP contribution in [-0.4, -0.2) is 71.1 Å². The number of ether oxygens (including phenoxy) is 3. The molecule has 0 saturated carbocycles. The van der Waals surface area contributed by atoms with Gasteiger partial charge in [0.2, 0.25) is 0 Å². The van der Waals surface area contributed by atoms with Gasteiger partial charge in [-0.2, -0.15) is 0 Å². The van der Waals surface area contributed by atoms with Crippen molar-refractivity contribution in [2.75, 3.05) is 60.2 Å². The topological polar surface area (TPSA) is 55.3 Å². The van der Waals surface area contributed by atoms with Gasteiger partial charge in [0.1, 0.15) is 12.4 Å². The molecule has 1 unspecified atom stereocenters. The van der Waals surface area contributed by atoms with Crippen molar-refractivity contribution >= 4 is 5.96 Å². The zero-order valence-electron chi connectivity index (χ0n) is 18.2. The first-order valence-corrected chi connectivity index (χ1v) is 10.2. The molecule has 1 fully saturated rings. The number of methoxy groups -OCH3 is 1. The summed E-state index contributed by atoms with van der Waals surface area (Å²) in [5.74, 6) is 2.39. The smallest absolute Gasteiger partial charge is 0.193 e. The number of rotatable bonds is 9. The Labute approximate surface area is 170 Å². The fourth-order valence-electron chi connectivity index (χ4n) is 3.27. The van der Waals surface area contributed by atoms with Crippen LogP contribution in [0.5, 0.6) is 5.75 Å². The van der Waals surface area contributed by atoms with Crippen LogP contribution < -0.4 is 10.1 Å². The molecule has 28 heavy (non-hydrogen) atoms. The van der Waals surface area contributed by atoms with E-state index in [1.165, 1.54) is 5.56 Å². The fourth-order valence-corrected chi connectivity index (χ4v) is 3.27. The maximum absolute atomic E-state index is 5.86. The molecule has 1 N–H and O–H groups in total. The Morgan fingerprint density at radius 1 is 1.18 bits per heavy atom. The summed E-state index contributed by atoms with van der Waals surface area (Å²) in [5, 5.41) is 3.40. The molecule has 6 heteroatoms. The standard InChI is InChI=1S/C22H37N3O3/c1-22(2,3)19-6-8-20(9-7-19)28-13-11-24-21(23-4)25-12-10-18(16-25)17-27-15-14-26-5/h6-9,18H,10-17H2,1-5H3,(H,23,24). The van der Waals surface area contributed by atoms with Crippen LogP contribution in [0.2, 0.25) is 0 Å². The van der Waals surface area contributed by atoms with E-state index < -0.39 is 0 Å². The first kappa shape index (κ1) is 22.5. The minimum Gasteiger partial charge on any atom is -0.492 e. The summed E-state index contributed by atoms with van der Waals surface area (Å²) in [4.78, 5) is 6.71. The molecule has 1 saturated heterocycles. The highest BCUT2D eigenvalue weighted by Crippen LogP contribution is 2.24. The van der Waals surface area contributed by atoms with Crippen molar-refractivity contribution < 1.29 is 14.2 Å². The van der Waals surface area contributed by atoms with E-state index in [9.17, 15) is 0 Å². The Morgan fingerprint density at radius 3 is 2.57 bits per heavy atom. The second-order valence-corrected chi connectivity index (χ2v) is 8.27. The van der Waals surface area contributed by atoms with Gasteiger partial charge in [0, 0.05) is 33.2 Å². The SMILES string of the molecule is CN=C(NCCOc1ccc(C(C)(C)C)cc1)N1CCC(COCCOC)C1. The lowest BCUT2D eigenvalue weighted by atomic mass is 9.87. The third-order valence-electron chi connectivity index (χ3n) is 4.96. The molecule has 0 aliphatic carbocycles. The van der Waals surface area contributed by atoms with Crippen molar-refractivity contribution in [3.8, 4) is 5.75 Å². The Kier molecular flexibility index (Phi) is 9.06. The maximum Gasteiger partial charge on any atom is 0.193 e. The lowest BCUT2D eigenvalue weighted by Gasteiger charge is -2.22. The molecular weight excluding hydrogens is 354 g/mol. The predicted octanol–water partition coefficient (Wildman–Crippen LogP) is 2.92. The third kappa shape index (κ3) is 7.32. The van der Waals surface area contributed by atoms with Crippen LogP contribution in [0.1, 0.15) is 32.8 Å². The normalized spacial score (nSPS) is 17.8. The Morgan fingerprint density at radius 2 is 1.93 bits per heavy atom. The summed E-state index contributed by atoms with van der Waals surface area (Å²) in [5.41, 5.74) is 1.47. The minimum atomic E-state index is 0.162. The van der Waals surface area contributed by atoms with Gasteiger partial charge in [-0.1, -0.05) is 32.9 Å². The summed E-state index contributed by atoms with van der Waals surface area (Å²) < 4.78 is 16.5. The number of nitrogens with one attached hydrogen (secondary N) is 1. The molecule has 1 aromatic rings. The van der Waals surface area contributed by atoms with E-state index in [0.29, 0.717) is 25.7 Å². The number of aliphatic imine (C=N–C) groups is 1. The molecule has 0 amide bonds. The summed E-state index contributed by atoms with van der Waals surface area (Å²) >= 11 is 0. The number of benzene rings is 1. The Balaban J connectivity index is 1.67. The second-order valence-electron chi connectivity index (χ2n) is 8.27. The first-order chi connectivity index (χ1) is 13.4. The van der Waals surface area contributed by atoms with Gasteiger partial charge >= 0.3 is 0 Å². The summed E-state index contributed by atoms with van der Waals surface area (Å²) in [6.07, 6.45) is 1.13. The molecule has 0 bridgehead atoms. The average molecular weight is 392 g/mol. The highest BCUT2D eigenvalue weighted by molar-refractivity contribution is 5.80. The van der Waals surface area contributed by atoms with Gasteiger partial charge in [0.25, 0.3) is 0 Å². The van der Waals surface area contributed by atoms with Gasteiger partial charge in [-0.3, -0.25) is 4.99 Å². The summed E-state index contributed by atoms with van der Waals surface area (Å²) in [7, 11) is 3.53. The highest BCUT2D eigenvalue weighted by Gasteiger charge is 2.24. The van der Waals surface area contributed by atoms with Crippen molar-refractivity contribution in [1.82, 2.24) is 10.2 Å². The van der Waals surface area contributed by atoms with Crippen LogP contribution in [0.15, 0.2) is 29.3 Å². The van der Waals surface area contributed by atoms with Crippen molar-refractivity contribution in [2.24, 2.45) is 10.9 Å². The highest BCUT2D eigenvalue weighted by atomic mass is 16.5. The van der Waals surface area contributed by atoms with Crippen molar-refractivity contribution in [1.29, 1.82) is 0 Å². The van der Waals surface area contributed by atoms with Crippen LogP contribution in [0, 0.1) is 5.92 Å². The van der Waals surface area contributed by atoms with Gasteiger partial charge < -0.3 is 24.4 Å². The second kappa shape index (κ2) is 11.3. The largest absolute Gasteiger partial charge is 0.492 e. The van der Waals surface area contributed by atoms with Gasteiger partial charge in [-0.05, 0) is 29.5 Å². The molecule has 0 radical (unpaired) electrons. The fraction of sp³-hybridized carbons (Fsp3) is 0.682. The van der Waals surface area contributed by atoms with Gasteiger partial charge in [0.05, 0.1) is 26.4 Å². The average Bonchev–Trinajstić information content (AvgIpc) is 3.14. The Bertz CT molecular complexity index is 596. The molecule has 1 aliphatic heterocycles. The van der Waals surface area contributed by atoms with Crippen LogP contribution in [0.25, 0.3) is 0 Å². The first-order valence-electron chi connectivity index (χ1n) is 10.2. The lowest BCUT2D eigenvalue weighted by Crippen LogP contribution is -2.41. The number of hydrogen-bond donors (Lipinski definition) is 1. The van der Waals surface area contributed by atoms with E-state index >= 15 is 0 Å². The van der Waals surface area contributed by atoms with E-state index in [4.69, 9.17) is 14.2 Å². The van der Waals surface area contributed by atoms with Crippen molar-refractivity contribution in [2.45, 2.75) is 32.6 Å². The van der Waals surface area contributed by atoms with E-state index in [1.54, 1.807) is 7.11 Å². The summed E-state index contributed by atoms with van der Waals surface area (Å²) in [6, 6.07) is 8.37. The molecule has 0 aromatic heterocycles. The summed E-state index contributed by atoms with van der Waals surface area (Å²) in [6.45, 7) is 12.0. The van der Waals surface area contributed by atoms with Crippen molar-refractivity contribution in [3.63, 3.8) is 0 Å². The zero-order chi connectivity index (χ0) is 20.4. The number of guanidine groups is 1. The quantitative estimate of drug-likeness (QED) is 0.398. The molecule has 2 rings (SSSR count). The van der Waals surface area contributed by atoms with E-state index in [-0.39, 0.29) is 5.41 Å². The molecule has 1 atom stereocenters. The van der Waals surface area contributed by atoms with Crippen molar-refractivity contribution in [3.05, 3.63) is 29.8 Å². The van der Waals surface area contributed by atoms with Crippen LogP contribution in [-0.2, 0) is 14.9 Å². The monoisotopic (exact) mass is 391 g/mol. The maximum atomic E-state index is 5.86. The molecule has 1 aromatic carbocycles. The van der Waals surface area contributed by atoms with E-state index in [2.05, 4.69) is 48.1 Å². The van der Waals surface area contributed by atoms with Crippen LogP contribution >= 0.6 is 0 Å². The van der Waals surface area contributed by atoms with Gasteiger partial charge in [-0.15, -0.1) is 0 Å². The van der Waals surface area contributed by atoms with E-state index in [0.717, 1.165) is 44.4 Å². The molecule has 1 aliphatic rings. The molecular formula is C22H37N3O3. The number of likely N-dealkylation sites (tertiary alicyclic amines) is 1. The molecule has 158 valence electrons. The minimum absolute atomic E-state index is 0.162. The van der Waals surface area contributed by atoms with Gasteiger partial charge in [-0.25, -0.2) is 0 Å². The predicted molar refractivity (Wildman–Crippen MR) is 114 cm³/mol. The van der Waals surface area contributed by atoms with Gasteiger partial charge in [0.15, 0.2) is 5.96 Å². The van der Waals surface area contributed by atoms with E-state index in [1.807, 2.05) is 19.2 Å². The number of hydrogen-bond acceptors (Lipinski definition) is 4. The van der Waals surface area contributed by atoms with Crippen LogP contribution in [0.4, 0.5) is 0 Å². The lowest BCUT2D eigenvalue weighted by molar-refractivity contribution is 0.0536.